The Hall–Kier alpha value is -2.97. The Labute approximate surface area is 130 Å². The number of nitrogen functional groups attached to an aromatic ring is 1. The number of aromatic nitrogens is 2. The highest BCUT2D eigenvalue weighted by molar-refractivity contribution is 5.98. The second-order valence-corrected chi connectivity index (χ2v) is 4.77. The van der Waals surface area contributed by atoms with E-state index in [0.717, 1.165) is 0 Å². The summed E-state index contributed by atoms with van der Waals surface area (Å²) in [6.07, 6.45) is -3.27. The van der Waals surface area contributed by atoms with E-state index >= 15 is 0 Å². The number of hydrogen-bond donors (Lipinski definition) is 3. The molecule has 7 nitrogen and oxygen atoms in total. The van der Waals surface area contributed by atoms with Crippen LogP contribution in [0.25, 0.3) is 0 Å². The Morgan fingerprint density at radius 2 is 1.87 bits per heavy atom. The van der Waals surface area contributed by atoms with Crippen molar-refractivity contribution in [3.05, 3.63) is 36.0 Å². The maximum atomic E-state index is 12.7. The van der Waals surface area contributed by atoms with Crippen LogP contribution in [0.2, 0.25) is 0 Å². The number of amides is 2. The topological polar surface area (TPSA) is 102 Å². The average Bonchev–Trinajstić information content (AvgIpc) is 2.38. The average molecular weight is 323 g/mol. The molecule has 0 spiro atoms. The Morgan fingerprint density at radius 3 is 2.43 bits per heavy atom. The standard InChI is InChI=1S/C14H15F2N5O2/c1-8-7-11(17)20-12(18-8)21-13(22)19-9-3-5-10(6-4-9)23-14(2,15)16/h3-7H,1-2H3,(H4,17,18,19,20,21,22). The third kappa shape index (κ3) is 5.38. The molecule has 0 aliphatic rings. The van der Waals surface area contributed by atoms with Crippen molar-refractivity contribution in [3.8, 4) is 5.75 Å². The highest BCUT2D eigenvalue weighted by atomic mass is 19.3. The minimum atomic E-state index is -3.27. The zero-order chi connectivity index (χ0) is 17.0. The summed E-state index contributed by atoms with van der Waals surface area (Å²) in [5.74, 6) is 0.277. The highest BCUT2D eigenvalue weighted by Gasteiger charge is 2.22. The number of nitrogens with zero attached hydrogens (tertiary/aromatic N) is 2. The molecule has 0 aliphatic heterocycles. The fraction of sp³-hybridized carbons (Fsp3) is 0.214. The number of carbonyl (C=O) groups is 1. The Balaban J connectivity index is 1.97. The molecule has 2 amide bonds. The number of nitrogens with two attached hydrogens (primary N) is 1. The van der Waals surface area contributed by atoms with Crippen LogP contribution < -0.4 is 21.1 Å². The smallest absolute Gasteiger partial charge is 0.394 e. The van der Waals surface area contributed by atoms with Crippen LogP contribution in [0.5, 0.6) is 5.75 Å². The lowest BCUT2D eigenvalue weighted by Gasteiger charge is -2.13. The van der Waals surface area contributed by atoms with E-state index < -0.39 is 12.1 Å². The zero-order valence-corrected chi connectivity index (χ0v) is 12.4. The van der Waals surface area contributed by atoms with Crippen LogP contribution in [-0.2, 0) is 0 Å². The molecule has 4 N–H and O–H groups in total. The van der Waals surface area contributed by atoms with E-state index in [1.165, 1.54) is 24.3 Å². The van der Waals surface area contributed by atoms with Gasteiger partial charge in [0.15, 0.2) is 0 Å². The molecule has 0 radical (unpaired) electrons. The number of rotatable bonds is 4. The van der Waals surface area contributed by atoms with Crippen molar-refractivity contribution in [1.82, 2.24) is 9.97 Å². The van der Waals surface area contributed by atoms with Crippen molar-refractivity contribution in [2.75, 3.05) is 16.4 Å². The number of benzene rings is 1. The summed E-state index contributed by atoms with van der Waals surface area (Å²) < 4.78 is 29.8. The van der Waals surface area contributed by atoms with Crippen LogP contribution in [0, 0.1) is 6.92 Å². The van der Waals surface area contributed by atoms with Gasteiger partial charge in [-0.2, -0.15) is 13.8 Å². The SMILES string of the molecule is Cc1cc(N)nc(NC(=O)Nc2ccc(OC(C)(F)F)cc2)n1. The molecule has 1 aromatic carbocycles. The number of hydrogen-bond acceptors (Lipinski definition) is 5. The number of carbonyl (C=O) groups excluding carboxylic acids is 1. The van der Waals surface area contributed by atoms with Gasteiger partial charge in [0.25, 0.3) is 0 Å². The van der Waals surface area contributed by atoms with Gasteiger partial charge in [-0.15, -0.1) is 0 Å². The Bertz CT molecular complexity index is 681. The van der Waals surface area contributed by atoms with E-state index in [1.54, 1.807) is 13.0 Å². The number of aryl methyl sites for hydroxylation is 1. The molecule has 0 unspecified atom stereocenters. The number of nitrogens with one attached hydrogen (secondary N) is 2. The first-order chi connectivity index (χ1) is 10.7. The fourth-order valence-electron chi connectivity index (χ4n) is 1.73. The first-order valence-electron chi connectivity index (χ1n) is 6.57. The molecule has 0 bridgehead atoms. The number of alkyl halides is 2. The van der Waals surface area contributed by atoms with E-state index in [-0.39, 0.29) is 17.5 Å². The lowest BCUT2D eigenvalue weighted by atomic mass is 10.3. The van der Waals surface area contributed by atoms with Crippen molar-refractivity contribution >= 4 is 23.5 Å². The lowest BCUT2D eigenvalue weighted by Crippen LogP contribution is -2.21. The van der Waals surface area contributed by atoms with Gasteiger partial charge in [0.2, 0.25) is 5.95 Å². The quantitative estimate of drug-likeness (QED) is 0.802. The van der Waals surface area contributed by atoms with Crippen molar-refractivity contribution in [3.63, 3.8) is 0 Å². The van der Waals surface area contributed by atoms with Crippen molar-refractivity contribution in [2.45, 2.75) is 20.0 Å². The Kier molecular flexibility index (Phi) is 4.58. The van der Waals surface area contributed by atoms with E-state index in [2.05, 4.69) is 25.3 Å². The van der Waals surface area contributed by atoms with E-state index in [1.807, 2.05) is 0 Å². The zero-order valence-electron chi connectivity index (χ0n) is 12.4. The van der Waals surface area contributed by atoms with Crippen molar-refractivity contribution in [1.29, 1.82) is 0 Å². The van der Waals surface area contributed by atoms with Gasteiger partial charge in [-0.1, -0.05) is 0 Å². The molecule has 2 rings (SSSR count). The molecule has 0 saturated heterocycles. The molecule has 23 heavy (non-hydrogen) atoms. The van der Waals surface area contributed by atoms with Gasteiger partial charge in [0.05, 0.1) is 0 Å². The predicted octanol–water partition coefficient (Wildman–Crippen LogP) is 3.00. The minimum Gasteiger partial charge on any atom is -0.433 e. The van der Waals surface area contributed by atoms with Crippen molar-refractivity contribution in [2.24, 2.45) is 0 Å². The monoisotopic (exact) mass is 323 g/mol. The molecule has 2 aromatic rings. The van der Waals surface area contributed by atoms with Gasteiger partial charge >= 0.3 is 12.1 Å². The predicted molar refractivity (Wildman–Crippen MR) is 81.5 cm³/mol. The van der Waals surface area contributed by atoms with Crippen LogP contribution >= 0.6 is 0 Å². The molecular formula is C14H15F2N5O2. The molecule has 0 atom stereocenters. The molecule has 1 aromatic heterocycles. The second-order valence-electron chi connectivity index (χ2n) is 4.77. The highest BCUT2D eigenvalue weighted by Crippen LogP contribution is 2.22. The van der Waals surface area contributed by atoms with Gasteiger partial charge in [-0.25, -0.2) is 9.78 Å². The van der Waals surface area contributed by atoms with Gasteiger partial charge in [-0.05, 0) is 31.2 Å². The van der Waals surface area contributed by atoms with Gasteiger partial charge in [0.1, 0.15) is 11.6 Å². The summed E-state index contributed by atoms with van der Waals surface area (Å²) in [6.45, 7) is 2.35. The molecule has 0 saturated carbocycles. The fourth-order valence-corrected chi connectivity index (χ4v) is 1.73. The van der Waals surface area contributed by atoms with E-state index in [4.69, 9.17) is 5.73 Å². The second kappa shape index (κ2) is 6.42. The lowest BCUT2D eigenvalue weighted by molar-refractivity contribution is -0.158. The largest absolute Gasteiger partial charge is 0.433 e. The minimum absolute atomic E-state index is 0.0155. The van der Waals surface area contributed by atoms with Crippen LogP contribution in [0.4, 0.5) is 31.0 Å². The Morgan fingerprint density at radius 1 is 1.22 bits per heavy atom. The molecule has 0 fully saturated rings. The van der Waals surface area contributed by atoms with Gasteiger partial charge in [0, 0.05) is 24.4 Å². The van der Waals surface area contributed by atoms with Crippen LogP contribution in [-0.4, -0.2) is 22.1 Å². The number of anilines is 3. The van der Waals surface area contributed by atoms with Crippen LogP contribution in [0.1, 0.15) is 12.6 Å². The summed E-state index contributed by atoms with van der Waals surface area (Å²) >= 11 is 0. The van der Waals surface area contributed by atoms with Crippen molar-refractivity contribution < 1.29 is 18.3 Å². The normalized spacial score (nSPS) is 11.0. The summed E-state index contributed by atoms with van der Waals surface area (Å²) in [7, 11) is 0. The summed E-state index contributed by atoms with van der Waals surface area (Å²) in [4.78, 5) is 19.7. The molecule has 9 heteroatoms. The number of urea groups is 1. The molecule has 1 heterocycles. The summed E-state index contributed by atoms with van der Waals surface area (Å²) in [5, 5.41) is 4.93. The molecule has 122 valence electrons. The third-order valence-electron chi connectivity index (χ3n) is 2.51. The first kappa shape index (κ1) is 16.4. The van der Waals surface area contributed by atoms with Crippen LogP contribution in [0.3, 0.4) is 0 Å². The number of halogens is 2. The maximum absolute atomic E-state index is 12.7. The maximum Gasteiger partial charge on any atom is 0.394 e. The molecule has 0 aliphatic carbocycles. The third-order valence-corrected chi connectivity index (χ3v) is 2.51. The first-order valence-corrected chi connectivity index (χ1v) is 6.57. The van der Waals surface area contributed by atoms with Gasteiger partial charge < -0.3 is 15.8 Å². The van der Waals surface area contributed by atoms with E-state index in [0.29, 0.717) is 18.3 Å². The van der Waals surface area contributed by atoms with E-state index in [9.17, 15) is 13.6 Å². The molecular weight excluding hydrogens is 308 g/mol. The number of ether oxygens (including phenoxy) is 1. The van der Waals surface area contributed by atoms with Gasteiger partial charge in [-0.3, -0.25) is 5.32 Å². The summed E-state index contributed by atoms with van der Waals surface area (Å²) in [5.41, 5.74) is 6.55. The summed E-state index contributed by atoms with van der Waals surface area (Å²) in [6, 6.07) is 6.44. The van der Waals surface area contributed by atoms with Crippen LogP contribution in [0.15, 0.2) is 30.3 Å².